The molecule has 2 N–H and O–H groups in total. The Morgan fingerprint density at radius 1 is 0.140 bits per heavy atom. The summed E-state index contributed by atoms with van der Waals surface area (Å²) in [5, 5.41) is 17.5. The average Bonchev–Trinajstić information content (AvgIpc) is 3.22. The van der Waals surface area contributed by atoms with Crippen molar-refractivity contribution in [2.75, 3.05) is 13.2 Å². The van der Waals surface area contributed by atoms with Gasteiger partial charge >= 0.3 is 0 Å². The third-order valence-electron chi connectivity index (χ3n) is 12.8. The van der Waals surface area contributed by atoms with Gasteiger partial charge in [0.05, 0.1) is 0 Å². The Hall–Kier alpha value is -0.0800. The topological polar surface area (TPSA) is 40.5 Å². The van der Waals surface area contributed by atoms with Gasteiger partial charge in [-0.15, -0.1) is 0 Å². The maximum absolute atomic E-state index is 8.75. The van der Waals surface area contributed by atoms with Crippen LogP contribution in [-0.2, 0) is 0 Å². The summed E-state index contributed by atoms with van der Waals surface area (Å²) < 4.78 is 0. The number of aliphatic hydroxyl groups excluding tert-OH is 2. The van der Waals surface area contributed by atoms with Crippen LogP contribution in [0.5, 0.6) is 0 Å². The second-order valence-corrected chi connectivity index (χ2v) is 18.8. The summed E-state index contributed by atoms with van der Waals surface area (Å²) in [5.74, 6) is 0. The van der Waals surface area contributed by atoms with Crippen LogP contribution in [0.25, 0.3) is 0 Å². The molecule has 0 saturated carbocycles. The van der Waals surface area contributed by atoms with Gasteiger partial charge in [-0.25, -0.2) is 0 Å². The molecule has 0 rings (SSSR count). The Morgan fingerprint density at radius 3 is 0.316 bits per heavy atom. The summed E-state index contributed by atoms with van der Waals surface area (Å²) in [6.45, 7) is 5.35. The zero-order valence-electron chi connectivity index (χ0n) is 40.4. The van der Waals surface area contributed by atoms with E-state index in [1.54, 1.807) is 0 Å². The molecule has 0 unspecified atom stereocenters. The van der Waals surface area contributed by atoms with Gasteiger partial charge in [0.15, 0.2) is 0 Å². The summed E-state index contributed by atoms with van der Waals surface area (Å²) in [6, 6.07) is 0. The molecule has 0 aromatic heterocycles. The van der Waals surface area contributed by atoms with E-state index in [4.69, 9.17) is 10.2 Å². The van der Waals surface area contributed by atoms with Crippen molar-refractivity contribution in [1.29, 1.82) is 0 Å². The van der Waals surface area contributed by atoms with Crippen LogP contribution in [-0.4, -0.2) is 23.4 Å². The molecule has 0 aliphatic heterocycles. The molecular weight excluding hydrogens is 693 g/mol. The Kier molecular flexibility index (Phi) is 62.4. The van der Waals surface area contributed by atoms with E-state index in [0.29, 0.717) is 13.2 Å². The largest absolute Gasteiger partial charge is 0.396 e. The second kappa shape index (κ2) is 60.2. The summed E-state index contributed by atoms with van der Waals surface area (Å²) in [6.07, 6.45) is 72.7. The standard InChI is InChI=1S/C28H58O.C27H56O/c1-2-3-4-5-6-7-8-9-10-11-12-13-14-15-16-17-18-19-20-21-22-23-24-25-26-27-28-29;1-2-3-4-5-6-7-8-9-10-11-12-13-14-15-16-17-18-19-20-21-22-23-24-25-26-27-28/h29H,2-28H2,1H3;28H,2-27H2,1H3. The van der Waals surface area contributed by atoms with Gasteiger partial charge < -0.3 is 10.2 Å². The molecule has 0 fully saturated rings. The van der Waals surface area contributed by atoms with Gasteiger partial charge in [0.25, 0.3) is 0 Å². The highest BCUT2D eigenvalue weighted by molar-refractivity contribution is 4.54. The van der Waals surface area contributed by atoms with Crippen LogP contribution in [0.1, 0.15) is 341 Å². The highest BCUT2D eigenvalue weighted by Crippen LogP contribution is 2.18. The summed E-state index contributed by atoms with van der Waals surface area (Å²) in [7, 11) is 0. The van der Waals surface area contributed by atoms with Crippen molar-refractivity contribution < 1.29 is 10.2 Å². The van der Waals surface area contributed by atoms with E-state index in [2.05, 4.69) is 13.8 Å². The van der Waals surface area contributed by atoms with Crippen molar-refractivity contribution in [3.8, 4) is 0 Å². The van der Waals surface area contributed by atoms with Gasteiger partial charge in [-0.2, -0.15) is 0 Å². The van der Waals surface area contributed by atoms with E-state index in [9.17, 15) is 0 Å². The van der Waals surface area contributed by atoms with Crippen molar-refractivity contribution in [3.63, 3.8) is 0 Å². The molecule has 2 heteroatoms. The number of hydrogen-bond donors (Lipinski definition) is 2. The normalized spacial score (nSPS) is 11.4. The lowest BCUT2D eigenvalue weighted by Crippen LogP contribution is -1.85. The Labute approximate surface area is 363 Å². The molecule has 0 atom stereocenters. The van der Waals surface area contributed by atoms with Crippen molar-refractivity contribution in [1.82, 2.24) is 0 Å². The number of aliphatic hydroxyl groups is 2. The molecule has 0 aliphatic rings. The van der Waals surface area contributed by atoms with Crippen molar-refractivity contribution in [3.05, 3.63) is 0 Å². The first kappa shape index (κ1) is 59.0. The molecule has 0 aliphatic carbocycles. The molecule has 0 radical (unpaired) electrons. The monoisotopic (exact) mass is 807 g/mol. The van der Waals surface area contributed by atoms with E-state index in [1.165, 1.54) is 315 Å². The second-order valence-electron chi connectivity index (χ2n) is 18.8. The number of hydrogen-bond acceptors (Lipinski definition) is 2. The summed E-state index contributed by atoms with van der Waals surface area (Å²) in [4.78, 5) is 0. The highest BCUT2D eigenvalue weighted by atomic mass is 16.3. The van der Waals surface area contributed by atoms with Crippen LogP contribution < -0.4 is 0 Å². The quantitative estimate of drug-likeness (QED) is 0.0601. The molecule has 346 valence electrons. The fourth-order valence-electron chi connectivity index (χ4n) is 8.68. The summed E-state index contributed by atoms with van der Waals surface area (Å²) in [5.41, 5.74) is 0. The number of rotatable bonds is 51. The Bertz CT molecular complexity index is 568. The van der Waals surface area contributed by atoms with Crippen LogP contribution in [0.2, 0.25) is 0 Å². The average molecular weight is 808 g/mol. The predicted octanol–water partition coefficient (Wildman–Crippen LogP) is 19.9. The molecule has 0 saturated heterocycles. The SMILES string of the molecule is CCCCCCCCCCCCCCCCCCCCCCCCCCCCO.CCCCCCCCCCCCCCCCCCCCCCCCCCCO. The third kappa shape index (κ3) is 62.7. The van der Waals surface area contributed by atoms with Crippen LogP contribution in [0.15, 0.2) is 0 Å². The number of unbranched alkanes of at least 4 members (excludes halogenated alkanes) is 49. The minimum Gasteiger partial charge on any atom is -0.396 e. The molecule has 2 nitrogen and oxygen atoms in total. The molecule has 0 heterocycles. The fraction of sp³-hybridized carbons (Fsp3) is 1.00. The zero-order valence-corrected chi connectivity index (χ0v) is 40.4. The van der Waals surface area contributed by atoms with Crippen LogP contribution in [0, 0.1) is 0 Å². The van der Waals surface area contributed by atoms with Crippen molar-refractivity contribution in [2.45, 2.75) is 341 Å². The lowest BCUT2D eigenvalue weighted by atomic mass is 10.0. The molecule has 0 aromatic carbocycles. The van der Waals surface area contributed by atoms with E-state index >= 15 is 0 Å². The molecule has 0 amide bonds. The van der Waals surface area contributed by atoms with Gasteiger partial charge in [0, 0.05) is 13.2 Å². The van der Waals surface area contributed by atoms with Crippen LogP contribution in [0.3, 0.4) is 0 Å². The van der Waals surface area contributed by atoms with Gasteiger partial charge in [-0.05, 0) is 12.8 Å². The maximum atomic E-state index is 8.75. The fourth-order valence-corrected chi connectivity index (χ4v) is 8.68. The van der Waals surface area contributed by atoms with Crippen molar-refractivity contribution in [2.24, 2.45) is 0 Å². The van der Waals surface area contributed by atoms with E-state index in [1.807, 2.05) is 0 Å². The zero-order chi connectivity index (χ0) is 41.5. The smallest absolute Gasteiger partial charge is 0.0431 e. The molecule has 0 spiro atoms. The highest BCUT2D eigenvalue weighted by Gasteiger charge is 1.98. The first-order valence-electron chi connectivity index (χ1n) is 27.5. The molecule has 0 bridgehead atoms. The molecule has 57 heavy (non-hydrogen) atoms. The maximum Gasteiger partial charge on any atom is 0.0431 e. The summed E-state index contributed by atoms with van der Waals surface area (Å²) >= 11 is 0. The lowest BCUT2D eigenvalue weighted by Gasteiger charge is -2.04. The molecular formula is C55H114O2. The van der Waals surface area contributed by atoms with Crippen LogP contribution in [0.4, 0.5) is 0 Å². The lowest BCUT2D eigenvalue weighted by molar-refractivity contribution is 0.282. The first-order valence-corrected chi connectivity index (χ1v) is 27.5. The van der Waals surface area contributed by atoms with Gasteiger partial charge in [-0.3, -0.25) is 0 Å². The Balaban J connectivity index is 0. The van der Waals surface area contributed by atoms with Crippen LogP contribution >= 0.6 is 0 Å². The Morgan fingerprint density at radius 2 is 0.228 bits per heavy atom. The van der Waals surface area contributed by atoms with E-state index in [0.717, 1.165) is 12.8 Å². The van der Waals surface area contributed by atoms with Crippen molar-refractivity contribution >= 4 is 0 Å². The minimum atomic E-state index is 0.374. The van der Waals surface area contributed by atoms with Gasteiger partial charge in [-0.1, -0.05) is 328 Å². The van der Waals surface area contributed by atoms with E-state index in [-0.39, 0.29) is 0 Å². The van der Waals surface area contributed by atoms with Gasteiger partial charge in [0.1, 0.15) is 0 Å². The third-order valence-corrected chi connectivity index (χ3v) is 12.8. The van der Waals surface area contributed by atoms with Gasteiger partial charge in [0.2, 0.25) is 0 Å². The predicted molar refractivity (Wildman–Crippen MR) is 261 cm³/mol. The molecule has 0 aromatic rings. The van der Waals surface area contributed by atoms with E-state index < -0.39 is 0 Å². The minimum absolute atomic E-state index is 0.374. The first-order chi connectivity index (χ1) is 28.3.